The van der Waals surface area contributed by atoms with E-state index in [0.29, 0.717) is 6.92 Å². The molecule has 0 aliphatic rings. The average Bonchev–Trinajstić information content (AvgIpc) is 2.34. The highest BCUT2D eigenvalue weighted by molar-refractivity contribution is 5.95. The molecule has 3 N–H and O–H groups in total. The van der Waals surface area contributed by atoms with Gasteiger partial charge < -0.3 is 5.11 Å². The van der Waals surface area contributed by atoms with Crippen LogP contribution in [0.5, 0.6) is 0 Å². The van der Waals surface area contributed by atoms with Crippen molar-refractivity contribution in [3.8, 4) is 0 Å². The smallest absolute Gasteiger partial charge is 0.380 e. The zero-order valence-corrected chi connectivity index (χ0v) is 10.8. The predicted octanol–water partition coefficient (Wildman–Crippen LogP) is 1.29. The van der Waals surface area contributed by atoms with Crippen LogP contribution in [0.2, 0.25) is 0 Å². The Labute approximate surface area is 116 Å². The van der Waals surface area contributed by atoms with Gasteiger partial charge in [0, 0.05) is 0 Å². The van der Waals surface area contributed by atoms with Gasteiger partial charge in [-0.3, -0.25) is 20.4 Å². The highest BCUT2D eigenvalue weighted by Crippen LogP contribution is 2.32. The summed E-state index contributed by atoms with van der Waals surface area (Å²) < 4.78 is 50.3. The molecule has 0 aromatic heterocycles. The van der Waals surface area contributed by atoms with Crippen LogP contribution >= 0.6 is 0 Å². The van der Waals surface area contributed by atoms with Crippen molar-refractivity contribution in [2.45, 2.75) is 25.1 Å². The zero-order valence-electron chi connectivity index (χ0n) is 10.8. The lowest BCUT2D eigenvalue weighted by Gasteiger charge is -2.25. The molecule has 0 saturated carbocycles. The van der Waals surface area contributed by atoms with Gasteiger partial charge in [-0.15, -0.1) is 0 Å². The van der Waals surface area contributed by atoms with Crippen LogP contribution in [0.1, 0.15) is 23.7 Å². The molecule has 116 valence electrons. The van der Waals surface area contributed by atoms with Crippen LogP contribution in [0.3, 0.4) is 0 Å². The largest absolute Gasteiger partial charge is 0.417 e. The van der Waals surface area contributed by atoms with Gasteiger partial charge in [0.05, 0.1) is 12.0 Å². The maximum atomic E-state index is 13.2. The number of hydrogen-bond acceptors (Lipinski definition) is 3. The minimum absolute atomic E-state index is 0.389. The van der Waals surface area contributed by atoms with Crippen LogP contribution < -0.4 is 10.9 Å². The lowest BCUT2D eigenvalue weighted by atomic mass is 10.0. The molecule has 0 aliphatic carbocycles. The molecule has 0 fully saturated rings. The van der Waals surface area contributed by atoms with E-state index in [2.05, 4.69) is 0 Å². The van der Waals surface area contributed by atoms with Crippen molar-refractivity contribution in [2.75, 3.05) is 0 Å². The van der Waals surface area contributed by atoms with Gasteiger partial charge in [-0.25, -0.2) is 4.39 Å². The topological polar surface area (TPSA) is 78.4 Å². The highest BCUT2D eigenvalue weighted by Gasteiger charge is 2.51. The molecule has 1 aromatic carbocycles. The van der Waals surface area contributed by atoms with E-state index in [-0.39, 0.29) is 5.56 Å². The van der Waals surface area contributed by atoms with E-state index >= 15 is 0 Å². The quantitative estimate of drug-likeness (QED) is 0.581. The monoisotopic (exact) mass is 308 g/mol. The lowest BCUT2D eigenvalue weighted by molar-refractivity contribution is -0.253. The maximum Gasteiger partial charge on any atom is 0.417 e. The lowest BCUT2D eigenvalue weighted by Crippen LogP contribution is -2.49. The van der Waals surface area contributed by atoms with E-state index in [1.54, 1.807) is 10.9 Å². The molecule has 1 atom stereocenters. The van der Waals surface area contributed by atoms with Crippen LogP contribution in [-0.4, -0.2) is 28.7 Å². The summed E-state index contributed by atoms with van der Waals surface area (Å²) >= 11 is 0. The third-order valence-corrected chi connectivity index (χ3v) is 2.55. The number of alkyl halides is 3. The summed E-state index contributed by atoms with van der Waals surface area (Å²) in [6, 6.07) is 4.84. The van der Waals surface area contributed by atoms with E-state index in [0.717, 1.165) is 12.1 Å². The van der Waals surface area contributed by atoms with E-state index < -0.39 is 35.8 Å². The van der Waals surface area contributed by atoms with Gasteiger partial charge in [-0.05, 0) is 19.1 Å². The first-order valence-electron chi connectivity index (χ1n) is 5.67. The normalized spacial score (nSPS) is 14.2. The number of carbonyl (C=O) groups excluding carboxylic acids is 2. The van der Waals surface area contributed by atoms with Crippen molar-refractivity contribution in [3.63, 3.8) is 0 Å². The second kappa shape index (κ2) is 6.08. The van der Waals surface area contributed by atoms with Crippen LogP contribution in [0.4, 0.5) is 17.6 Å². The summed E-state index contributed by atoms with van der Waals surface area (Å²) in [5, 5.41) is 9.09. The molecule has 0 unspecified atom stereocenters. The molecule has 0 bridgehead atoms. The molecule has 0 radical (unpaired) electrons. The fourth-order valence-corrected chi connectivity index (χ4v) is 1.30. The minimum Gasteiger partial charge on any atom is -0.380 e. The van der Waals surface area contributed by atoms with Crippen LogP contribution in [0, 0.1) is 5.82 Å². The first-order valence-corrected chi connectivity index (χ1v) is 5.67. The summed E-state index contributed by atoms with van der Waals surface area (Å²) in [4.78, 5) is 22.7. The molecule has 1 rings (SSSR count). The van der Waals surface area contributed by atoms with Crippen LogP contribution in [0.15, 0.2) is 24.3 Å². The Morgan fingerprint density at radius 1 is 1.19 bits per heavy atom. The molecule has 5 nitrogen and oxygen atoms in total. The molecule has 0 heterocycles. The Kier molecular flexibility index (Phi) is 4.89. The van der Waals surface area contributed by atoms with Gasteiger partial charge in [0.2, 0.25) is 5.91 Å². The Morgan fingerprint density at radius 2 is 1.76 bits per heavy atom. The van der Waals surface area contributed by atoms with Gasteiger partial charge in [-0.2, -0.15) is 13.2 Å². The van der Waals surface area contributed by atoms with E-state index in [4.69, 9.17) is 5.11 Å². The Balaban J connectivity index is 2.58. The number of carbonyl (C=O) groups is 2. The molecule has 9 heteroatoms. The molecule has 21 heavy (non-hydrogen) atoms. The average molecular weight is 308 g/mol. The SMILES string of the molecule is C[C@](O)(CC(=O)NNC(=O)c1ccccc1F)C(F)(F)F. The van der Waals surface area contributed by atoms with Crippen LogP contribution in [0.25, 0.3) is 0 Å². The predicted molar refractivity (Wildman–Crippen MR) is 63.3 cm³/mol. The Morgan fingerprint density at radius 3 is 2.29 bits per heavy atom. The summed E-state index contributed by atoms with van der Waals surface area (Å²) in [5.41, 5.74) is -0.197. The van der Waals surface area contributed by atoms with Crippen molar-refractivity contribution in [2.24, 2.45) is 0 Å². The van der Waals surface area contributed by atoms with E-state index in [1.807, 2.05) is 0 Å². The third kappa shape index (κ3) is 4.42. The molecular weight excluding hydrogens is 296 g/mol. The summed E-state index contributed by atoms with van der Waals surface area (Å²) in [6.07, 6.45) is -6.31. The van der Waals surface area contributed by atoms with Gasteiger partial charge in [0.1, 0.15) is 5.82 Å². The standard InChI is InChI=1S/C12H12F4N2O3/c1-11(21,12(14,15)16)6-9(19)17-18-10(20)7-4-2-3-5-8(7)13/h2-5,21H,6H2,1H3,(H,17,19)(H,18,20)/t11-/m0/s1. The molecule has 0 spiro atoms. The maximum absolute atomic E-state index is 13.2. The molecule has 1 aromatic rings. The number of benzene rings is 1. The first kappa shape index (κ1) is 16.9. The van der Waals surface area contributed by atoms with Gasteiger partial charge in [0.15, 0.2) is 5.60 Å². The number of hydrazine groups is 1. The van der Waals surface area contributed by atoms with Crippen molar-refractivity contribution in [3.05, 3.63) is 35.6 Å². The summed E-state index contributed by atoms with van der Waals surface area (Å²) in [6.45, 7) is 0.422. The van der Waals surface area contributed by atoms with E-state index in [1.165, 1.54) is 12.1 Å². The number of amides is 2. The molecule has 2 amide bonds. The number of hydrogen-bond donors (Lipinski definition) is 3. The highest BCUT2D eigenvalue weighted by atomic mass is 19.4. The number of halogens is 4. The minimum atomic E-state index is -5.00. The second-order valence-electron chi connectivity index (χ2n) is 4.43. The van der Waals surface area contributed by atoms with Gasteiger partial charge in [-0.1, -0.05) is 12.1 Å². The molecule has 0 aliphatic heterocycles. The molecule has 0 saturated heterocycles. The summed E-state index contributed by atoms with van der Waals surface area (Å²) in [7, 11) is 0. The van der Waals surface area contributed by atoms with Crippen molar-refractivity contribution in [1.82, 2.24) is 10.9 Å². The van der Waals surface area contributed by atoms with Gasteiger partial charge >= 0.3 is 6.18 Å². The number of nitrogens with one attached hydrogen (secondary N) is 2. The third-order valence-electron chi connectivity index (χ3n) is 2.55. The van der Waals surface area contributed by atoms with Crippen LogP contribution in [-0.2, 0) is 4.79 Å². The number of rotatable bonds is 3. The van der Waals surface area contributed by atoms with E-state index in [9.17, 15) is 27.2 Å². The van der Waals surface area contributed by atoms with Crippen molar-refractivity contribution < 1.29 is 32.3 Å². The zero-order chi connectivity index (χ0) is 16.3. The Bertz CT molecular complexity index is 544. The summed E-state index contributed by atoms with van der Waals surface area (Å²) in [5.74, 6) is -3.17. The fraction of sp³-hybridized carbons (Fsp3) is 0.333. The van der Waals surface area contributed by atoms with Crippen molar-refractivity contribution >= 4 is 11.8 Å². The fourth-order valence-electron chi connectivity index (χ4n) is 1.30. The first-order chi connectivity index (χ1) is 9.54. The Hall–Kier alpha value is -2.16. The number of aliphatic hydroxyl groups is 1. The molecular formula is C12H12F4N2O3. The van der Waals surface area contributed by atoms with Crippen molar-refractivity contribution in [1.29, 1.82) is 0 Å². The second-order valence-corrected chi connectivity index (χ2v) is 4.43. The van der Waals surface area contributed by atoms with Gasteiger partial charge in [0.25, 0.3) is 5.91 Å².